The first-order valence-corrected chi connectivity index (χ1v) is 8.51. The summed E-state index contributed by atoms with van der Waals surface area (Å²) < 4.78 is 31.9. The van der Waals surface area contributed by atoms with E-state index < -0.39 is 10.0 Å². The van der Waals surface area contributed by atoms with Gasteiger partial charge in [0.2, 0.25) is 15.9 Å². The summed E-state index contributed by atoms with van der Waals surface area (Å²) in [5.41, 5.74) is 6.20. The van der Waals surface area contributed by atoms with Crippen LogP contribution < -0.4 is 15.2 Å². The molecule has 0 aromatic carbocycles. The van der Waals surface area contributed by atoms with Crippen molar-refractivity contribution in [1.29, 1.82) is 0 Å². The third-order valence-corrected chi connectivity index (χ3v) is 5.92. The standard InChI is InChI=1S/C12H13N3O3S3/c1-18-10-4-2-8(6-14-10)7-15-21(16,17)11-5-3-9(20-11)12(13)19/h2-6,15H,7H2,1H3,(H2,13,19). The van der Waals surface area contributed by atoms with E-state index in [-0.39, 0.29) is 15.7 Å². The second-order valence-corrected chi connectivity index (χ2v) is 7.53. The van der Waals surface area contributed by atoms with E-state index in [4.69, 9.17) is 22.7 Å². The molecular formula is C12H13N3O3S3. The highest BCUT2D eigenvalue weighted by Gasteiger charge is 2.17. The van der Waals surface area contributed by atoms with Crippen LogP contribution >= 0.6 is 23.6 Å². The molecule has 0 spiro atoms. The van der Waals surface area contributed by atoms with Crippen molar-refractivity contribution >= 4 is 38.6 Å². The molecule has 0 aliphatic heterocycles. The summed E-state index contributed by atoms with van der Waals surface area (Å²) in [4.78, 5) is 4.76. The molecule has 2 rings (SSSR count). The smallest absolute Gasteiger partial charge is 0.250 e. The van der Waals surface area contributed by atoms with Crippen molar-refractivity contribution in [3.63, 3.8) is 0 Å². The molecule has 0 atom stereocenters. The number of hydrogen-bond acceptors (Lipinski definition) is 6. The van der Waals surface area contributed by atoms with Gasteiger partial charge in [0.25, 0.3) is 0 Å². The van der Waals surface area contributed by atoms with Gasteiger partial charge in [0.15, 0.2) is 0 Å². The number of nitrogens with one attached hydrogen (secondary N) is 1. The maximum atomic E-state index is 12.1. The molecule has 0 saturated carbocycles. The quantitative estimate of drug-likeness (QED) is 0.767. The van der Waals surface area contributed by atoms with Gasteiger partial charge in [-0.2, -0.15) is 0 Å². The Bertz CT molecular complexity index is 739. The zero-order valence-electron chi connectivity index (χ0n) is 11.1. The van der Waals surface area contributed by atoms with E-state index in [2.05, 4.69) is 9.71 Å². The van der Waals surface area contributed by atoms with Gasteiger partial charge in [-0.3, -0.25) is 0 Å². The lowest BCUT2D eigenvalue weighted by Crippen LogP contribution is -2.22. The Kier molecular flexibility index (Phi) is 4.88. The first-order chi connectivity index (χ1) is 9.92. The third kappa shape index (κ3) is 3.97. The van der Waals surface area contributed by atoms with Crippen molar-refractivity contribution in [3.05, 3.63) is 40.9 Å². The van der Waals surface area contributed by atoms with Crippen molar-refractivity contribution in [1.82, 2.24) is 9.71 Å². The number of hydrogen-bond donors (Lipinski definition) is 2. The number of pyridine rings is 1. The van der Waals surface area contributed by atoms with Crippen LogP contribution in [0.25, 0.3) is 0 Å². The second kappa shape index (κ2) is 6.48. The van der Waals surface area contributed by atoms with Crippen LogP contribution in [0.2, 0.25) is 0 Å². The molecule has 0 unspecified atom stereocenters. The van der Waals surface area contributed by atoms with Gasteiger partial charge in [0.1, 0.15) is 9.20 Å². The summed E-state index contributed by atoms with van der Waals surface area (Å²) in [5, 5.41) is 0. The van der Waals surface area contributed by atoms with E-state index in [0.29, 0.717) is 10.8 Å². The fourth-order valence-corrected chi connectivity index (χ4v) is 3.90. The highest BCUT2D eigenvalue weighted by atomic mass is 32.2. The van der Waals surface area contributed by atoms with E-state index in [0.717, 1.165) is 16.9 Å². The van der Waals surface area contributed by atoms with Crippen LogP contribution in [0, 0.1) is 0 Å². The summed E-state index contributed by atoms with van der Waals surface area (Å²) in [5.74, 6) is 0.473. The Hall–Kier alpha value is -1.55. The number of ether oxygens (including phenoxy) is 1. The van der Waals surface area contributed by atoms with Crippen molar-refractivity contribution in [3.8, 4) is 5.88 Å². The summed E-state index contributed by atoms with van der Waals surface area (Å²) >= 11 is 5.85. The summed E-state index contributed by atoms with van der Waals surface area (Å²) in [6.07, 6.45) is 1.55. The first-order valence-electron chi connectivity index (χ1n) is 5.80. The van der Waals surface area contributed by atoms with Crippen molar-refractivity contribution < 1.29 is 13.2 Å². The van der Waals surface area contributed by atoms with Crippen LogP contribution in [-0.4, -0.2) is 25.5 Å². The molecule has 2 heterocycles. The molecule has 0 saturated heterocycles. The fourth-order valence-electron chi connectivity index (χ4n) is 1.48. The number of thiophene rings is 1. The normalized spacial score (nSPS) is 11.3. The second-order valence-electron chi connectivity index (χ2n) is 4.02. The molecule has 0 amide bonds. The average Bonchev–Trinajstić information content (AvgIpc) is 2.97. The Labute approximate surface area is 132 Å². The van der Waals surface area contributed by atoms with Crippen molar-refractivity contribution in [2.75, 3.05) is 7.11 Å². The molecule has 2 aromatic rings. The monoisotopic (exact) mass is 343 g/mol. The van der Waals surface area contributed by atoms with Gasteiger partial charge in [-0.15, -0.1) is 11.3 Å². The van der Waals surface area contributed by atoms with E-state index >= 15 is 0 Å². The Morgan fingerprint density at radius 3 is 2.71 bits per heavy atom. The summed E-state index contributed by atoms with van der Waals surface area (Å²) in [6.45, 7) is 0.139. The maximum Gasteiger partial charge on any atom is 0.250 e. The van der Waals surface area contributed by atoms with Crippen LogP contribution in [0.15, 0.2) is 34.7 Å². The molecule has 0 aliphatic carbocycles. The number of rotatable bonds is 6. The predicted octanol–water partition coefficient (Wildman–Crippen LogP) is 1.26. The van der Waals surface area contributed by atoms with Crippen LogP contribution in [0.4, 0.5) is 0 Å². The highest BCUT2D eigenvalue weighted by Crippen LogP contribution is 2.21. The molecule has 21 heavy (non-hydrogen) atoms. The molecule has 0 fully saturated rings. The minimum Gasteiger partial charge on any atom is -0.481 e. The van der Waals surface area contributed by atoms with E-state index in [1.54, 1.807) is 24.4 Å². The van der Waals surface area contributed by atoms with Gasteiger partial charge in [0, 0.05) is 18.8 Å². The van der Waals surface area contributed by atoms with Gasteiger partial charge in [-0.1, -0.05) is 18.3 Å². The Balaban J connectivity index is 2.07. The highest BCUT2D eigenvalue weighted by molar-refractivity contribution is 7.91. The molecule has 6 nitrogen and oxygen atoms in total. The Morgan fingerprint density at radius 2 is 2.19 bits per heavy atom. The average molecular weight is 343 g/mol. The predicted molar refractivity (Wildman–Crippen MR) is 85.0 cm³/mol. The van der Waals surface area contributed by atoms with Crippen molar-refractivity contribution in [2.24, 2.45) is 5.73 Å². The third-order valence-electron chi connectivity index (χ3n) is 2.56. The fraction of sp³-hybridized carbons (Fsp3) is 0.167. The van der Waals surface area contributed by atoms with Crippen LogP contribution in [0.3, 0.4) is 0 Å². The van der Waals surface area contributed by atoms with Crippen molar-refractivity contribution in [2.45, 2.75) is 10.8 Å². The van der Waals surface area contributed by atoms with Gasteiger partial charge in [-0.25, -0.2) is 18.1 Å². The maximum absolute atomic E-state index is 12.1. The number of sulfonamides is 1. The minimum absolute atomic E-state index is 0.139. The molecule has 3 N–H and O–H groups in total. The van der Waals surface area contributed by atoms with E-state index in [9.17, 15) is 8.42 Å². The zero-order chi connectivity index (χ0) is 15.5. The lowest BCUT2D eigenvalue weighted by atomic mass is 10.3. The van der Waals surface area contributed by atoms with Crippen LogP contribution in [-0.2, 0) is 16.6 Å². The van der Waals surface area contributed by atoms with Gasteiger partial charge < -0.3 is 10.5 Å². The number of nitrogens with zero attached hydrogens (tertiary/aromatic N) is 1. The topological polar surface area (TPSA) is 94.3 Å². The molecule has 2 aromatic heterocycles. The summed E-state index contributed by atoms with van der Waals surface area (Å²) in [7, 11) is -2.08. The van der Waals surface area contributed by atoms with Gasteiger partial charge in [0.05, 0.1) is 12.0 Å². The molecule has 0 radical (unpaired) electrons. The zero-order valence-corrected chi connectivity index (χ0v) is 13.5. The molecular weight excluding hydrogens is 330 g/mol. The lowest BCUT2D eigenvalue weighted by Gasteiger charge is -2.05. The lowest BCUT2D eigenvalue weighted by molar-refractivity contribution is 0.397. The number of nitrogens with two attached hydrogens (primary N) is 1. The Morgan fingerprint density at radius 1 is 1.43 bits per heavy atom. The summed E-state index contributed by atoms with van der Waals surface area (Å²) in [6, 6.07) is 6.48. The first kappa shape index (κ1) is 15.8. The number of thiocarbonyl (C=S) groups is 1. The minimum atomic E-state index is -3.59. The number of methoxy groups -OCH3 is 1. The molecule has 0 aliphatic rings. The SMILES string of the molecule is COc1ccc(CNS(=O)(=O)c2ccc(C(N)=S)s2)cn1. The van der Waals surface area contributed by atoms with Gasteiger partial charge in [-0.05, 0) is 17.7 Å². The largest absolute Gasteiger partial charge is 0.481 e. The van der Waals surface area contributed by atoms with Crippen LogP contribution in [0.5, 0.6) is 5.88 Å². The van der Waals surface area contributed by atoms with E-state index in [1.807, 2.05) is 0 Å². The molecule has 0 bridgehead atoms. The number of aromatic nitrogens is 1. The van der Waals surface area contributed by atoms with Crippen LogP contribution in [0.1, 0.15) is 10.4 Å². The van der Waals surface area contributed by atoms with E-state index in [1.165, 1.54) is 13.2 Å². The van der Waals surface area contributed by atoms with Gasteiger partial charge >= 0.3 is 0 Å². The molecule has 9 heteroatoms. The molecule has 112 valence electrons.